The summed E-state index contributed by atoms with van der Waals surface area (Å²) in [6.07, 6.45) is 8.00. The van der Waals surface area contributed by atoms with E-state index < -0.39 is 5.97 Å². The second kappa shape index (κ2) is 4.49. The molecule has 0 aliphatic carbocycles. The van der Waals surface area contributed by atoms with Crippen LogP contribution >= 0.6 is 0 Å². The number of carbonyl (C=O) groups is 1. The lowest BCUT2D eigenvalue weighted by molar-refractivity contribution is -0.135. The molecule has 0 amide bonds. The number of terminal acetylenes is 1. The summed E-state index contributed by atoms with van der Waals surface area (Å²) < 4.78 is 0. The second-order valence-electron chi connectivity index (χ2n) is 3.25. The topological polar surface area (TPSA) is 95.0 Å². The minimum absolute atomic E-state index is 0.150. The van der Waals surface area contributed by atoms with Gasteiger partial charge in [-0.25, -0.2) is 15.0 Å². The molecule has 0 bridgehead atoms. The van der Waals surface area contributed by atoms with Gasteiger partial charge in [0.15, 0.2) is 11.5 Å². The number of carboxylic acid groups (broad SMARTS) is 1. The third-order valence-corrected chi connectivity index (χ3v) is 2.11. The molecular weight excluding hydrogens is 222 g/mol. The minimum atomic E-state index is -0.980. The van der Waals surface area contributed by atoms with Crippen molar-refractivity contribution in [2.45, 2.75) is 0 Å². The SMILES string of the molecule is C#CCN(CC(=O)O)c1ncnc2nc[nH]c12. The molecule has 2 N–H and O–H groups in total. The van der Waals surface area contributed by atoms with Crippen molar-refractivity contribution in [3.05, 3.63) is 12.7 Å². The second-order valence-corrected chi connectivity index (χ2v) is 3.25. The number of imidazole rings is 1. The van der Waals surface area contributed by atoms with Crippen molar-refractivity contribution in [1.82, 2.24) is 19.9 Å². The van der Waals surface area contributed by atoms with Crippen LogP contribution in [0.5, 0.6) is 0 Å². The summed E-state index contributed by atoms with van der Waals surface area (Å²) in [7, 11) is 0. The zero-order chi connectivity index (χ0) is 12.3. The highest BCUT2D eigenvalue weighted by molar-refractivity contribution is 5.85. The van der Waals surface area contributed by atoms with Crippen LogP contribution in [0.15, 0.2) is 12.7 Å². The van der Waals surface area contributed by atoms with Crippen LogP contribution in [0.1, 0.15) is 0 Å². The number of nitrogens with one attached hydrogen (secondary N) is 1. The van der Waals surface area contributed by atoms with Gasteiger partial charge in [0.25, 0.3) is 0 Å². The number of hydrogen-bond donors (Lipinski definition) is 2. The van der Waals surface area contributed by atoms with Crippen LogP contribution in [0, 0.1) is 12.3 Å². The van der Waals surface area contributed by atoms with Crippen molar-refractivity contribution in [2.75, 3.05) is 18.0 Å². The Morgan fingerprint density at radius 3 is 3.06 bits per heavy atom. The first kappa shape index (κ1) is 10.9. The number of rotatable bonds is 4. The zero-order valence-electron chi connectivity index (χ0n) is 8.79. The minimum Gasteiger partial charge on any atom is -0.480 e. The lowest BCUT2D eigenvalue weighted by Gasteiger charge is -2.18. The fraction of sp³-hybridized carbons (Fsp3) is 0.200. The maximum Gasteiger partial charge on any atom is 0.323 e. The van der Waals surface area contributed by atoms with E-state index in [0.29, 0.717) is 17.0 Å². The lowest BCUT2D eigenvalue weighted by atomic mass is 10.4. The van der Waals surface area contributed by atoms with Gasteiger partial charge in [0, 0.05) is 0 Å². The van der Waals surface area contributed by atoms with Crippen molar-refractivity contribution < 1.29 is 9.90 Å². The van der Waals surface area contributed by atoms with E-state index in [2.05, 4.69) is 25.9 Å². The van der Waals surface area contributed by atoms with Crippen LogP contribution in [0.25, 0.3) is 11.2 Å². The molecule has 0 saturated heterocycles. The number of carboxylic acids is 1. The van der Waals surface area contributed by atoms with Gasteiger partial charge in [0.1, 0.15) is 18.4 Å². The van der Waals surface area contributed by atoms with Gasteiger partial charge in [-0.1, -0.05) is 5.92 Å². The fourth-order valence-corrected chi connectivity index (χ4v) is 1.47. The van der Waals surface area contributed by atoms with E-state index in [1.54, 1.807) is 0 Å². The molecule has 0 unspecified atom stereocenters. The lowest BCUT2D eigenvalue weighted by Crippen LogP contribution is -2.31. The molecule has 2 heterocycles. The first-order valence-corrected chi connectivity index (χ1v) is 4.76. The average Bonchev–Trinajstić information content (AvgIpc) is 2.75. The van der Waals surface area contributed by atoms with Gasteiger partial charge >= 0.3 is 5.97 Å². The van der Waals surface area contributed by atoms with Gasteiger partial charge in [-0.15, -0.1) is 6.42 Å². The molecule has 2 aromatic rings. The molecule has 0 atom stereocenters. The number of nitrogens with zero attached hydrogens (tertiary/aromatic N) is 4. The average molecular weight is 231 g/mol. The smallest absolute Gasteiger partial charge is 0.323 e. The summed E-state index contributed by atoms with van der Waals surface area (Å²) >= 11 is 0. The summed E-state index contributed by atoms with van der Waals surface area (Å²) in [6, 6.07) is 0. The van der Waals surface area contributed by atoms with E-state index in [0.717, 1.165) is 0 Å². The number of fused-ring (bicyclic) bond motifs is 1. The molecule has 0 radical (unpaired) electrons. The Bertz CT molecular complexity index is 586. The Morgan fingerprint density at radius 2 is 2.35 bits per heavy atom. The molecule has 0 spiro atoms. The maximum absolute atomic E-state index is 10.8. The van der Waals surface area contributed by atoms with E-state index in [9.17, 15) is 4.79 Å². The van der Waals surface area contributed by atoms with Gasteiger partial charge in [0.2, 0.25) is 0 Å². The first-order valence-electron chi connectivity index (χ1n) is 4.76. The van der Waals surface area contributed by atoms with E-state index in [-0.39, 0.29) is 13.1 Å². The molecule has 2 aromatic heterocycles. The van der Waals surface area contributed by atoms with E-state index in [1.165, 1.54) is 17.6 Å². The van der Waals surface area contributed by atoms with E-state index >= 15 is 0 Å². The maximum atomic E-state index is 10.8. The quantitative estimate of drug-likeness (QED) is 0.712. The highest BCUT2D eigenvalue weighted by atomic mass is 16.4. The summed E-state index contributed by atoms with van der Waals surface area (Å²) in [5, 5.41) is 8.82. The number of aromatic nitrogens is 4. The highest BCUT2D eigenvalue weighted by Crippen LogP contribution is 2.18. The normalized spacial score (nSPS) is 10.1. The van der Waals surface area contributed by atoms with Gasteiger partial charge in [-0.2, -0.15) is 0 Å². The van der Waals surface area contributed by atoms with E-state index in [4.69, 9.17) is 11.5 Å². The van der Waals surface area contributed by atoms with Crippen molar-refractivity contribution in [1.29, 1.82) is 0 Å². The predicted octanol–water partition coefficient (Wildman–Crippen LogP) is -0.123. The fourth-order valence-electron chi connectivity index (χ4n) is 1.47. The van der Waals surface area contributed by atoms with Crippen LogP contribution in [0.4, 0.5) is 5.82 Å². The van der Waals surface area contributed by atoms with Gasteiger partial charge in [-0.3, -0.25) is 4.79 Å². The largest absolute Gasteiger partial charge is 0.480 e. The Hall–Kier alpha value is -2.62. The number of anilines is 1. The Kier molecular flexibility index (Phi) is 2.87. The monoisotopic (exact) mass is 231 g/mol. The van der Waals surface area contributed by atoms with Crippen LogP contribution < -0.4 is 4.90 Å². The molecule has 0 fully saturated rings. The summed E-state index contributed by atoms with van der Waals surface area (Å²) in [5.41, 5.74) is 1.05. The van der Waals surface area contributed by atoms with Gasteiger partial charge in [0.05, 0.1) is 12.9 Å². The third-order valence-electron chi connectivity index (χ3n) is 2.11. The first-order chi connectivity index (χ1) is 8.22. The Morgan fingerprint density at radius 1 is 1.53 bits per heavy atom. The number of aliphatic carboxylic acids is 1. The standard InChI is InChI=1S/C10H9N5O2/c1-2-3-15(4-7(16)17)10-8-9(12-5-11-8)13-6-14-10/h1,5-6H,3-4H2,(H,16,17)(H,11,12,13,14). The van der Waals surface area contributed by atoms with Crippen molar-refractivity contribution >= 4 is 23.0 Å². The molecule has 7 nitrogen and oxygen atoms in total. The molecule has 0 aliphatic rings. The Labute approximate surface area is 96.5 Å². The van der Waals surface area contributed by atoms with Crippen LogP contribution in [0.2, 0.25) is 0 Å². The van der Waals surface area contributed by atoms with Gasteiger partial charge < -0.3 is 15.0 Å². The zero-order valence-corrected chi connectivity index (χ0v) is 8.79. The molecule has 2 rings (SSSR count). The highest BCUT2D eigenvalue weighted by Gasteiger charge is 2.15. The van der Waals surface area contributed by atoms with Crippen molar-refractivity contribution in [3.8, 4) is 12.3 Å². The van der Waals surface area contributed by atoms with Crippen LogP contribution in [-0.2, 0) is 4.79 Å². The van der Waals surface area contributed by atoms with Gasteiger partial charge in [-0.05, 0) is 0 Å². The summed E-state index contributed by atoms with van der Waals surface area (Å²) in [6.45, 7) is -0.0766. The molecule has 0 saturated carbocycles. The predicted molar refractivity (Wildman–Crippen MR) is 60.4 cm³/mol. The summed E-state index contributed by atoms with van der Waals surface area (Å²) in [4.78, 5) is 27.0. The number of hydrogen-bond acceptors (Lipinski definition) is 5. The van der Waals surface area contributed by atoms with Crippen LogP contribution in [-0.4, -0.2) is 44.1 Å². The van der Waals surface area contributed by atoms with E-state index in [1.807, 2.05) is 0 Å². The van der Waals surface area contributed by atoms with Crippen molar-refractivity contribution in [2.24, 2.45) is 0 Å². The molecular formula is C10H9N5O2. The van der Waals surface area contributed by atoms with Crippen molar-refractivity contribution in [3.63, 3.8) is 0 Å². The Balaban J connectivity index is 2.44. The number of H-pyrrole nitrogens is 1. The summed E-state index contributed by atoms with van der Waals surface area (Å²) in [5.74, 6) is 1.85. The molecule has 7 heteroatoms. The molecule has 17 heavy (non-hydrogen) atoms. The number of aromatic amines is 1. The molecule has 86 valence electrons. The third kappa shape index (κ3) is 2.15. The molecule has 0 aromatic carbocycles. The molecule has 0 aliphatic heterocycles. The van der Waals surface area contributed by atoms with Crippen LogP contribution in [0.3, 0.4) is 0 Å².